The summed E-state index contributed by atoms with van der Waals surface area (Å²) in [7, 11) is 0. The van der Waals surface area contributed by atoms with Crippen LogP contribution in [-0.4, -0.2) is 32.2 Å². The molecular weight excluding hydrogens is 989 g/mol. The molecule has 5 nitrogen and oxygen atoms in total. The normalized spacial score (nSPS) is 19.2. The van der Waals surface area contributed by atoms with E-state index in [1.165, 1.54) is 107 Å². The van der Waals surface area contributed by atoms with Gasteiger partial charge in [0.1, 0.15) is 5.75 Å². The minimum absolute atomic E-state index is 0.0162. The van der Waals surface area contributed by atoms with Crippen LogP contribution in [0.2, 0.25) is 0 Å². The quantitative estimate of drug-likeness (QED) is 0.117. The van der Waals surface area contributed by atoms with Gasteiger partial charge >= 0.3 is 0 Å². The van der Waals surface area contributed by atoms with E-state index in [1.54, 1.807) is 0 Å². The molecule has 10 aromatic rings. The molecule has 2 fully saturated rings. The van der Waals surface area contributed by atoms with Crippen LogP contribution in [0.4, 0.5) is 11.4 Å². The second kappa shape index (κ2) is 21.9. The smallest absolute Gasteiger partial charge is 0.255 e. The average molecular weight is 1060 g/mol. The van der Waals surface area contributed by atoms with E-state index >= 15 is 0 Å². The largest absolute Gasteiger partial charge is 0.472 e. The summed E-state index contributed by atoms with van der Waals surface area (Å²) in [6, 6.07) is 76.5. The predicted octanol–water partition coefficient (Wildman–Crippen LogP) is 18.8. The van der Waals surface area contributed by atoms with Crippen molar-refractivity contribution in [1.82, 2.24) is 0 Å². The molecule has 0 bridgehead atoms. The molecule has 1 saturated heterocycles. The summed E-state index contributed by atoms with van der Waals surface area (Å²) in [5, 5.41) is 7.86. The van der Waals surface area contributed by atoms with Crippen LogP contribution < -0.4 is 15.0 Å². The van der Waals surface area contributed by atoms with Crippen LogP contribution in [0.15, 0.2) is 218 Å². The first-order valence-electron chi connectivity index (χ1n) is 29.7. The molecule has 2 heterocycles. The number of morpholine rings is 1. The zero-order valence-electron chi connectivity index (χ0n) is 46.3. The summed E-state index contributed by atoms with van der Waals surface area (Å²) >= 11 is 0. The van der Waals surface area contributed by atoms with Gasteiger partial charge < -0.3 is 19.7 Å². The Hall–Kier alpha value is -8.51. The molecular formula is C76H68N2O3. The molecule has 0 radical (unpaired) electrons. The first-order chi connectivity index (χ1) is 40.0. The minimum atomic E-state index is -0.905. The zero-order chi connectivity index (χ0) is 54.3. The number of fused-ring (bicyclic) bond motifs is 10. The van der Waals surface area contributed by atoms with Crippen molar-refractivity contribution < 1.29 is 14.3 Å². The van der Waals surface area contributed by atoms with Crippen LogP contribution in [0.5, 0.6) is 5.75 Å². The van der Waals surface area contributed by atoms with Crippen LogP contribution in [-0.2, 0) is 10.3 Å². The zero-order valence-corrected chi connectivity index (χ0v) is 46.3. The second-order valence-corrected chi connectivity index (χ2v) is 23.0. The maximum atomic E-state index is 13.8. The van der Waals surface area contributed by atoms with Crippen LogP contribution in [0.25, 0.3) is 61.0 Å². The highest BCUT2D eigenvalue weighted by Gasteiger charge is 2.42. The molecule has 1 amide bonds. The maximum absolute atomic E-state index is 13.8. The van der Waals surface area contributed by atoms with Gasteiger partial charge in [0, 0.05) is 58.0 Å². The number of nitrogens with one attached hydrogen (secondary N) is 1. The predicted molar refractivity (Wildman–Crippen MR) is 335 cm³/mol. The number of hydrogen-bond acceptors (Lipinski definition) is 4. The molecule has 5 heteroatoms. The Balaban J connectivity index is 0.794. The van der Waals surface area contributed by atoms with Gasteiger partial charge in [-0.15, -0.1) is 0 Å². The maximum Gasteiger partial charge on any atom is 0.255 e. The van der Waals surface area contributed by atoms with E-state index in [-0.39, 0.29) is 11.8 Å². The number of anilines is 2. The Bertz CT molecular complexity index is 3930. The number of hydrogen-bond donors (Lipinski definition) is 1. The van der Waals surface area contributed by atoms with Crippen LogP contribution in [0.3, 0.4) is 0 Å². The van der Waals surface area contributed by atoms with E-state index in [1.807, 2.05) is 24.3 Å². The highest BCUT2D eigenvalue weighted by molar-refractivity contribution is 6.12. The van der Waals surface area contributed by atoms with Crippen molar-refractivity contribution in [2.75, 3.05) is 36.5 Å². The van der Waals surface area contributed by atoms with E-state index < -0.39 is 5.60 Å². The first-order valence-corrected chi connectivity index (χ1v) is 29.7. The number of carbonyl (C=O) groups excluding carboxylic acids is 1. The van der Waals surface area contributed by atoms with Crippen molar-refractivity contribution in [2.45, 2.75) is 75.7 Å². The summed E-state index contributed by atoms with van der Waals surface area (Å²) in [4.78, 5) is 16.2. The van der Waals surface area contributed by atoms with E-state index in [0.29, 0.717) is 11.5 Å². The van der Waals surface area contributed by atoms with Crippen molar-refractivity contribution in [3.63, 3.8) is 0 Å². The molecule has 1 N–H and O–H groups in total. The van der Waals surface area contributed by atoms with Gasteiger partial charge in [-0.3, -0.25) is 4.79 Å². The molecule has 81 heavy (non-hydrogen) atoms. The Morgan fingerprint density at radius 3 is 1.98 bits per heavy atom. The summed E-state index contributed by atoms with van der Waals surface area (Å²) in [5.74, 6) is 2.30. The molecule has 2 aliphatic carbocycles. The fourth-order valence-corrected chi connectivity index (χ4v) is 14.0. The number of rotatable bonds is 13. The molecule has 2 aliphatic heterocycles. The summed E-state index contributed by atoms with van der Waals surface area (Å²) in [6.45, 7) is 5.51. The Labute approximate surface area is 476 Å². The Morgan fingerprint density at radius 2 is 1.23 bits per heavy atom. The van der Waals surface area contributed by atoms with E-state index in [9.17, 15) is 4.79 Å². The number of benzene rings is 10. The van der Waals surface area contributed by atoms with Crippen molar-refractivity contribution in [3.05, 3.63) is 263 Å². The third-order valence-corrected chi connectivity index (χ3v) is 18.3. The molecule has 0 spiro atoms. The fraction of sp³-hybridized carbons (Fsp3) is 0.224. The van der Waals surface area contributed by atoms with Gasteiger partial charge in [0.25, 0.3) is 5.91 Å². The minimum Gasteiger partial charge on any atom is -0.472 e. The van der Waals surface area contributed by atoms with Gasteiger partial charge in [0.2, 0.25) is 0 Å². The van der Waals surface area contributed by atoms with Gasteiger partial charge in [-0.2, -0.15) is 0 Å². The van der Waals surface area contributed by atoms with E-state index in [0.717, 1.165) is 87.8 Å². The molecule has 14 rings (SSSR count). The van der Waals surface area contributed by atoms with Crippen molar-refractivity contribution in [2.24, 2.45) is 5.92 Å². The summed E-state index contributed by atoms with van der Waals surface area (Å²) in [6.07, 6.45) is 15.4. The lowest BCUT2D eigenvalue weighted by Crippen LogP contribution is -2.37. The van der Waals surface area contributed by atoms with Gasteiger partial charge in [0.15, 0.2) is 5.60 Å². The highest BCUT2D eigenvalue weighted by Crippen LogP contribution is 2.59. The van der Waals surface area contributed by atoms with Crippen molar-refractivity contribution in [1.29, 1.82) is 0 Å². The molecule has 0 aromatic heterocycles. The van der Waals surface area contributed by atoms with E-state index in [2.05, 4.69) is 217 Å². The van der Waals surface area contributed by atoms with Crippen LogP contribution in [0, 0.1) is 5.92 Å². The van der Waals surface area contributed by atoms with Crippen molar-refractivity contribution in [3.8, 4) is 39.1 Å². The van der Waals surface area contributed by atoms with Crippen LogP contribution in [0.1, 0.15) is 119 Å². The Kier molecular flexibility index (Phi) is 13.7. The summed E-state index contributed by atoms with van der Waals surface area (Å²) < 4.78 is 13.5. The van der Waals surface area contributed by atoms with Gasteiger partial charge in [-0.05, 0) is 164 Å². The lowest BCUT2D eigenvalue weighted by atomic mass is 9.77. The third kappa shape index (κ3) is 9.51. The molecule has 1 saturated carbocycles. The molecule has 4 aliphatic rings. The summed E-state index contributed by atoms with van der Waals surface area (Å²) in [5.41, 5.74) is 17.1. The second-order valence-electron chi connectivity index (χ2n) is 23.0. The molecule has 2 atom stereocenters. The monoisotopic (exact) mass is 1060 g/mol. The third-order valence-electron chi connectivity index (χ3n) is 18.3. The number of ether oxygens (including phenoxy) is 2. The molecule has 2 unspecified atom stereocenters. The molecule has 400 valence electrons. The number of unbranched alkanes of at least 4 members (excludes halogenated alkanes) is 2. The van der Waals surface area contributed by atoms with Gasteiger partial charge in [-0.25, -0.2) is 0 Å². The molecule has 10 aromatic carbocycles. The standard InChI is InChI=1S/C76H68N2O3/c1-2-3-6-13-51-20-22-52(23-21-51)53-24-26-54(27-25-53)55-28-30-59(31-29-55)75(79)77-63-38-32-56(33-39-63)60-35-42-66-69(50-60)73-70(58-15-7-4-8-16-58)67-43-34-57-14-11-12-19-65(57)71(67)72(73)68-44-45-76(81-74(66)68,61-17-9-5-10-18-61)62-36-40-64(41-37-62)78-46-48-80-49-47-78/h4-5,7-12,14-19,24-45,50-52,70H,2-3,6,13,20-23,46-49H2,1H3,(H,77,79). The number of amides is 1. The van der Waals surface area contributed by atoms with Crippen molar-refractivity contribution >= 4 is 44.9 Å². The topological polar surface area (TPSA) is 50.8 Å². The lowest BCUT2D eigenvalue weighted by Gasteiger charge is -2.38. The number of nitrogens with zero attached hydrogens (tertiary/aromatic N) is 1. The Morgan fingerprint density at radius 1 is 0.580 bits per heavy atom. The fourth-order valence-electron chi connectivity index (χ4n) is 14.0. The average Bonchev–Trinajstić information content (AvgIpc) is 3.27. The van der Waals surface area contributed by atoms with Crippen LogP contribution >= 0.6 is 0 Å². The van der Waals surface area contributed by atoms with Gasteiger partial charge in [-0.1, -0.05) is 202 Å². The van der Waals surface area contributed by atoms with Gasteiger partial charge in [0.05, 0.1) is 13.2 Å². The first kappa shape index (κ1) is 50.7. The number of carbonyl (C=O) groups is 1. The lowest BCUT2D eigenvalue weighted by molar-refractivity contribution is 0.102. The van der Waals surface area contributed by atoms with E-state index in [4.69, 9.17) is 9.47 Å². The highest BCUT2D eigenvalue weighted by atomic mass is 16.5. The SMILES string of the molecule is CCCCCC1CCC(c2ccc(-c3ccc(C(=O)Nc4ccc(-c5ccc6c7c(c8c(c6c5)C(c5ccccc5)c5ccc6ccccc6c5-8)C=CC(c5ccccc5)(c5ccc(N6CCOCC6)cc5)O7)cc4)cc3)cc2)CC1.